The Bertz CT molecular complexity index is 1120. The van der Waals surface area contributed by atoms with Gasteiger partial charge in [-0.05, 0) is 85.5 Å². The summed E-state index contributed by atoms with van der Waals surface area (Å²) in [7, 11) is 1.60. The van der Waals surface area contributed by atoms with Gasteiger partial charge in [-0.1, -0.05) is 5.92 Å². The minimum atomic E-state index is -1.09. The maximum atomic E-state index is 15.3. The lowest BCUT2D eigenvalue weighted by atomic mass is 9.81. The van der Waals surface area contributed by atoms with Crippen LogP contribution < -0.4 is 4.74 Å². The van der Waals surface area contributed by atoms with E-state index >= 15 is 4.39 Å². The fraction of sp³-hybridized carbons (Fsp3) is 0.423. The van der Waals surface area contributed by atoms with E-state index in [1.165, 1.54) is 0 Å². The number of rotatable bonds is 7. The third-order valence-corrected chi connectivity index (χ3v) is 6.41. The number of alkyl halides is 1. The number of benzene rings is 1. The van der Waals surface area contributed by atoms with Crippen LogP contribution >= 0.6 is 0 Å². The van der Waals surface area contributed by atoms with Gasteiger partial charge in [-0.25, -0.2) is 4.39 Å². The van der Waals surface area contributed by atoms with Gasteiger partial charge in [-0.15, -0.1) is 5.10 Å². The van der Waals surface area contributed by atoms with Gasteiger partial charge in [0.2, 0.25) is 0 Å². The van der Waals surface area contributed by atoms with E-state index < -0.39 is 6.17 Å². The number of pyridine rings is 1. The Morgan fingerprint density at radius 2 is 2.15 bits per heavy atom. The third-order valence-electron chi connectivity index (χ3n) is 6.41. The van der Waals surface area contributed by atoms with E-state index in [2.05, 4.69) is 31.9 Å². The van der Waals surface area contributed by atoms with Crippen LogP contribution in [0.25, 0.3) is 10.9 Å². The molecule has 6 nitrogen and oxygen atoms in total. The summed E-state index contributed by atoms with van der Waals surface area (Å²) in [4.78, 5) is 6.59. The molecule has 0 spiro atoms. The molecule has 1 aliphatic heterocycles. The average molecular weight is 449 g/mol. The highest BCUT2D eigenvalue weighted by atomic mass is 19.1. The molecule has 1 aromatic carbocycles. The molecule has 0 amide bonds. The van der Waals surface area contributed by atoms with Gasteiger partial charge < -0.3 is 9.84 Å². The number of aliphatic hydroxyl groups excluding tert-OH is 1. The Morgan fingerprint density at radius 1 is 1.24 bits per heavy atom. The van der Waals surface area contributed by atoms with Crippen molar-refractivity contribution in [2.45, 2.75) is 25.4 Å². The van der Waals surface area contributed by atoms with Crippen molar-refractivity contribution in [1.29, 1.82) is 0 Å². The molecule has 3 heterocycles. The second-order valence-corrected chi connectivity index (χ2v) is 8.47. The lowest BCUT2D eigenvalue weighted by Crippen LogP contribution is -2.42. The molecule has 0 saturated carbocycles. The number of hydrogen-bond acceptors (Lipinski definition) is 6. The lowest BCUT2D eigenvalue weighted by Gasteiger charge is -2.37. The monoisotopic (exact) mass is 448 g/mol. The fourth-order valence-corrected chi connectivity index (χ4v) is 4.56. The summed E-state index contributed by atoms with van der Waals surface area (Å²) in [6, 6.07) is 10.9. The Morgan fingerprint density at radius 3 is 2.94 bits per heavy atom. The first-order valence-corrected chi connectivity index (χ1v) is 11.3. The minimum Gasteiger partial charge on any atom is -0.497 e. The summed E-state index contributed by atoms with van der Waals surface area (Å²) in [5, 5.41) is 18.6. The largest absolute Gasteiger partial charge is 0.497 e. The van der Waals surface area contributed by atoms with Gasteiger partial charge in [0.25, 0.3) is 0 Å². The number of hydrogen-bond donors (Lipinski definition) is 1. The van der Waals surface area contributed by atoms with Crippen LogP contribution in [0.15, 0.2) is 48.8 Å². The topological polar surface area (TPSA) is 71.4 Å². The second kappa shape index (κ2) is 11.2. The molecule has 33 heavy (non-hydrogen) atoms. The number of fused-ring (bicyclic) bond motifs is 1. The number of aliphatic hydroxyl groups is 1. The first kappa shape index (κ1) is 23.1. The van der Waals surface area contributed by atoms with E-state index in [0.29, 0.717) is 35.9 Å². The number of piperidine rings is 1. The van der Waals surface area contributed by atoms with Crippen LogP contribution in [0.2, 0.25) is 0 Å². The molecule has 0 aliphatic carbocycles. The third kappa shape index (κ3) is 5.84. The van der Waals surface area contributed by atoms with Crippen molar-refractivity contribution in [3.63, 3.8) is 0 Å². The van der Waals surface area contributed by atoms with E-state index in [1.807, 2.05) is 30.3 Å². The van der Waals surface area contributed by atoms with E-state index in [-0.39, 0.29) is 12.5 Å². The van der Waals surface area contributed by atoms with Gasteiger partial charge >= 0.3 is 0 Å². The zero-order valence-electron chi connectivity index (χ0n) is 18.8. The first-order valence-electron chi connectivity index (χ1n) is 11.3. The van der Waals surface area contributed by atoms with Crippen molar-refractivity contribution in [2.24, 2.45) is 11.8 Å². The van der Waals surface area contributed by atoms with Gasteiger partial charge in [0.15, 0.2) is 0 Å². The molecule has 3 aromatic rings. The molecule has 4 rings (SSSR count). The zero-order chi connectivity index (χ0) is 23.0. The average Bonchev–Trinajstić information content (AvgIpc) is 2.87. The molecule has 2 aromatic heterocycles. The molecule has 0 radical (unpaired) electrons. The normalized spacial score (nSPS) is 19.6. The standard InChI is InChI=1S/C26H29FN4O2/c1-33-22-7-9-26-24(16-22)23(10-13-28-26)25(27)8-6-19-11-15-31(17-20(19)18-32)14-3-5-21-4-2-12-29-30-21/h2,4,7,9-10,12-13,16,19-20,25,32H,6,8,11,14-15,17-18H2,1H3/t19-,20-,25-/m1/s1. The smallest absolute Gasteiger partial charge is 0.135 e. The highest BCUT2D eigenvalue weighted by molar-refractivity contribution is 5.83. The van der Waals surface area contributed by atoms with Gasteiger partial charge in [-0.2, -0.15) is 5.10 Å². The van der Waals surface area contributed by atoms with Crippen molar-refractivity contribution in [1.82, 2.24) is 20.1 Å². The second-order valence-electron chi connectivity index (χ2n) is 8.47. The van der Waals surface area contributed by atoms with E-state index in [4.69, 9.17) is 4.74 Å². The van der Waals surface area contributed by atoms with Crippen molar-refractivity contribution in [3.8, 4) is 17.6 Å². The molecule has 0 unspecified atom stereocenters. The van der Waals surface area contributed by atoms with Gasteiger partial charge in [0, 0.05) is 30.9 Å². The van der Waals surface area contributed by atoms with E-state index in [0.717, 1.165) is 36.8 Å². The van der Waals surface area contributed by atoms with Gasteiger partial charge in [0.1, 0.15) is 17.6 Å². The van der Waals surface area contributed by atoms with Crippen molar-refractivity contribution >= 4 is 10.9 Å². The number of nitrogens with zero attached hydrogens (tertiary/aromatic N) is 4. The Kier molecular flexibility index (Phi) is 7.82. The summed E-state index contributed by atoms with van der Waals surface area (Å²) in [5.74, 6) is 7.28. The molecule has 172 valence electrons. The van der Waals surface area contributed by atoms with Crippen LogP contribution in [-0.2, 0) is 0 Å². The quantitative estimate of drug-likeness (QED) is 0.555. The van der Waals surface area contributed by atoms with Crippen LogP contribution in [0, 0.1) is 23.7 Å². The predicted octanol–water partition coefficient (Wildman–Crippen LogP) is 3.81. The first-order chi connectivity index (χ1) is 16.2. The summed E-state index contributed by atoms with van der Waals surface area (Å²) in [6.07, 6.45) is 4.28. The molecule has 1 saturated heterocycles. The maximum absolute atomic E-state index is 15.3. The number of halogens is 1. The molecule has 3 atom stereocenters. The Labute approximate surface area is 193 Å². The highest BCUT2D eigenvalue weighted by Gasteiger charge is 2.29. The van der Waals surface area contributed by atoms with Crippen molar-refractivity contribution < 1.29 is 14.2 Å². The van der Waals surface area contributed by atoms with Crippen LogP contribution in [-0.4, -0.2) is 58.5 Å². The number of aromatic nitrogens is 3. The van der Waals surface area contributed by atoms with Crippen molar-refractivity contribution in [2.75, 3.05) is 33.4 Å². The number of ether oxygens (including phenoxy) is 1. The van der Waals surface area contributed by atoms with Crippen LogP contribution in [0.5, 0.6) is 5.75 Å². The van der Waals surface area contributed by atoms with E-state index in [1.54, 1.807) is 25.6 Å². The summed E-state index contributed by atoms with van der Waals surface area (Å²) in [6.45, 7) is 2.38. The van der Waals surface area contributed by atoms with Crippen LogP contribution in [0.1, 0.15) is 36.7 Å². The Balaban J connectivity index is 1.34. The molecular weight excluding hydrogens is 419 g/mol. The maximum Gasteiger partial charge on any atom is 0.135 e. The van der Waals surface area contributed by atoms with Gasteiger partial charge in [-0.3, -0.25) is 9.88 Å². The molecule has 7 heteroatoms. The highest BCUT2D eigenvalue weighted by Crippen LogP contribution is 2.35. The molecular formula is C26H29FN4O2. The summed E-state index contributed by atoms with van der Waals surface area (Å²) < 4.78 is 20.6. The fourth-order valence-electron chi connectivity index (χ4n) is 4.56. The lowest BCUT2D eigenvalue weighted by molar-refractivity contribution is 0.0708. The van der Waals surface area contributed by atoms with Crippen LogP contribution in [0.4, 0.5) is 4.39 Å². The van der Waals surface area contributed by atoms with E-state index in [9.17, 15) is 5.11 Å². The van der Waals surface area contributed by atoms with Crippen LogP contribution in [0.3, 0.4) is 0 Å². The Hall–Kier alpha value is -3.08. The predicted molar refractivity (Wildman–Crippen MR) is 125 cm³/mol. The summed E-state index contributed by atoms with van der Waals surface area (Å²) in [5.41, 5.74) is 2.07. The zero-order valence-corrected chi connectivity index (χ0v) is 18.8. The summed E-state index contributed by atoms with van der Waals surface area (Å²) >= 11 is 0. The SMILES string of the molecule is COc1ccc2nccc([C@H](F)CC[C@@H]3CCN(CC#Cc4cccnn4)C[C@@H]3CO)c2c1. The number of likely N-dealkylation sites (tertiary alicyclic amines) is 1. The molecule has 0 bridgehead atoms. The van der Waals surface area contributed by atoms with Gasteiger partial charge in [0.05, 0.1) is 19.2 Å². The molecule has 1 fully saturated rings. The molecule has 1 aliphatic rings. The molecule has 1 N–H and O–H groups in total. The number of methoxy groups -OCH3 is 1. The minimum absolute atomic E-state index is 0.102. The van der Waals surface area contributed by atoms with Crippen molar-refractivity contribution in [3.05, 3.63) is 60.0 Å².